The predicted molar refractivity (Wildman–Crippen MR) is 73.5 cm³/mol. The number of rotatable bonds is 5. The molecule has 1 aliphatic rings. The molecule has 0 saturated heterocycles. The number of ether oxygens (including phenoxy) is 1. The fraction of sp³-hybridized carbons (Fsp3) is 0.286. The number of halogens is 3. The molecule has 0 aromatic heterocycles. The molecule has 2 N–H and O–H groups in total. The third-order valence-corrected chi connectivity index (χ3v) is 3.13. The Morgan fingerprint density at radius 2 is 2.00 bits per heavy atom. The average molecular weight is 330 g/mol. The summed E-state index contributed by atoms with van der Waals surface area (Å²) < 4.78 is 44.1. The second-order valence-electron chi connectivity index (χ2n) is 4.61. The van der Waals surface area contributed by atoms with Crippen LogP contribution in [0.5, 0.6) is 5.75 Å². The Labute approximate surface area is 129 Å². The maximum absolute atomic E-state index is 13.1. The standard InChI is InChI=1S/C14H13F3N2O4/c1-23-8-2-3-10(9(6-8)14(15,16)17)18-11-7-12(21)19(4-5-20)13(11)22/h2-3,6-7,18,20H,4-5H2,1H3. The van der Waals surface area contributed by atoms with Gasteiger partial charge in [-0.25, -0.2) is 0 Å². The quantitative estimate of drug-likeness (QED) is 0.797. The minimum absolute atomic E-state index is 0.00702. The van der Waals surface area contributed by atoms with E-state index >= 15 is 0 Å². The third kappa shape index (κ3) is 3.45. The number of nitrogens with zero attached hydrogens (tertiary/aromatic N) is 1. The summed E-state index contributed by atoms with van der Waals surface area (Å²) in [5.41, 5.74) is -1.70. The van der Waals surface area contributed by atoms with Gasteiger partial charge in [0.25, 0.3) is 11.8 Å². The summed E-state index contributed by atoms with van der Waals surface area (Å²) in [6, 6.07) is 3.19. The van der Waals surface area contributed by atoms with Crippen molar-refractivity contribution in [3.63, 3.8) is 0 Å². The molecule has 23 heavy (non-hydrogen) atoms. The number of carbonyl (C=O) groups excluding carboxylic acids is 2. The fourth-order valence-electron chi connectivity index (χ4n) is 2.05. The highest BCUT2D eigenvalue weighted by atomic mass is 19.4. The van der Waals surface area contributed by atoms with Crippen molar-refractivity contribution in [3.8, 4) is 5.75 Å². The Bertz CT molecular complexity index is 670. The van der Waals surface area contributed by atoms with Crippen molar-refractivity contribution in [2.24, 2.45) is 0 Å². The average Bonchev–Trinajstić information content (AvgIpc) is 2.74. The summed E-state index contributed by atoms with van der Waals surface area (Å²) in [6.07, 6.45) is -3.78. The molecule has 1 aromatic carbocycles. The largest absolute Gasteiger partial charge is 0.497 e. The second-order valence-corrected chi connectivity index (χ2v) is 4.61. The number of β-amino-alcohol motifs (C(OH)–C–C–N with tert-alkyl or cyclic N) is 1. The lowest BCUT2D eigenvalue weighted by molar-refractivity contribution is -0.138. The summed E-state index contributed by atoms with van der Waals surface area (Å²) in [6.45, 7) is -0.664. The fourth-order valence-corrected chi connectivity index (χ4v) is 2.05. The van der Waals surface area contributed by atoms with Gasteiger partial charge in [0, 0.05) is 6.08 Å². The molecule has 0 saturated carbocycles. The number of carbonyl (C=O) groups is 2. The number of amides is 2. The summed E-state index contributed by atoms with van der Waals surface area (Å²) in [7, 11) is 1.23. The Hall–Kier alpha value is -2.55. The maximum Gasteiger partial charge on any atom is 0.418 e. The van der Waals surface area contributed by atoms with Crippen LogP contribution < -0.4 is 10.1 Å². The number of aliphatic hydroxyl groups excluding tert-OH is 1. The van der Waals surface area contributed by atoms with E-state index in [1.54, 1.807) is 0 Å². The Morgan fingerprint density at radius 1 is 1.30 bits per heavy atom. The molecule has 0 spiro atoms. The SMILES string of the molecule is COc1ccc(NC2=CC(=O)N(CCO)C2=O)c(C(F)(F)F)c1. The molecular weight excluding hydrogens is 317 g/mol. The van der Waals surface area contributed by atoms with E-state index in [4.69, 9.17) is 9.84 Å². The van der Waals surface area contributed by atoms with E-state index in [0.29, 0.717) is 0 Å². The van der Waals surface area contributed by atoms with Crippen LogP contribution in [0, 0.1) is 0 Å². The van der Waals surface area contributed by atoms with Gasteiger partial charge in [0.05, 0.1) is 31.5 Å². The second kappa shape index (κ2) is 6.29. The smallest absolute Gasteiger partial charge is 0.418 e. The molecule has 9 heteroatoms. The lowest BCUT2D eigenvalue weighted by atomic mass is 10.1. The first kappa shape index (κ1) is 16.8. The van der Waals surface area contributed by atoms with Gasteiger partial charge < -0.3 is 15.2 Å². The molecule has 0 fully saturated rings. The zero-order valence-corrected chi connectivity index (χ0v) is 12.0. The van der Waals surface area contributed by atoms with E-state index in [-0.39, 0.29) is 23.7 Å². The third-order valence-electron chi connectivity index (χ3n) is 3.13. The topological polar surface area (TPSA) is 78.9 Å². The van der Waals surface area contributed by atoms with E-state index in [0.717, 1.165) is 23.1 Å². The van der Waals surface area contributed by atoms with Gasteiger partial charge in [0.1, 0.15) is 11.4 Å². The van der Waals surface area contributed by atoms with Gasteiger partial charge in [0.15, 0.2) is 0 Å². The van der Waals surface area contributed by atoms with Crippen molar-refractivity contribution in [1.29, 1.82) is 0 Å². The van der Waals surface area contributed by atoms with Gasteiger partial charge in [0.2, 0.25) is 0 Å². The molecule has 1 aliphatic heterocycles. The number of imide groups is 1. The van der Waals surface area contributed by atoms with Crippen LogP contribution in [0.3, 0.4) is 0 Å². The normalized spacial score (nSPS) is 15.0. The molecule has 2 amide bonds. The number of aliphatic hydroxyl groups is 1. The maximum atomic E-state index is 13.1. The first-order valence-electron chi connectivity index (χ1n) is 6.48. The number of methoxy groups -OCH3 is 1. The van der Waals surface area contributed by atoms with Crippen LogP contribution >= 0.6 is 0 Å². The van der Waals surface area contributed by atoms with Gasteiger partial charge in [-0.1, -0.05) is 0 Å². The van der Waals surface area contributed by atoms with E-state index in [1.807, 2.05) is 0 Å². The van der Waals surface area contributed by atoms with Crippen molar-refractivity contribution in [2.75, 3.05) is 25.6 Å². The van der Waals surface area contributed by atoms with Crippen molar-refractivity contribution < 1.29 is 32.6 Å². The van der Waals surface area contributed by atoms with Crippen molar-refractivity contribution in [3.05, 3.63) is 35.5 Å². The number of hydrogen-bond acceptors (Lipinski definition) is 5. The highest BCUT2D eigenvalue weighted by Gasteiger charge is 2.36. The minimum atomic E-state index is -4.67. The van der Waals surface area contributed by atoms with Crippen LogP contribution in [-0.2, 0) is 15.8 Å². The molecule has 124 valence electrons. The molecule has 6 nitrogen and oxygen atoms in total. The molecule has 0 atom stereocenters. The zero-order valence-electron chi connectivity index (χ0n) is 12.0. The van der Waals surface area contributed by atoms with Crippen molar-refractivity contribution in [2.45, 2.75) is 6.18 Å². The van der Waals surface area contributed by atoms with Gasteiger partial charge in [-0.15, -0.1) is 0 Å². The Morgan fingerprint density at radius 3 is 2.57 bits per heavy atom. The van der Waals surface area contributed by atoms with E-state index in [9.17, 15) is 22.8 Å². The first-order valence-corrected chi connectivity index (χ1v) is 6.48. The summed E-state index contributed by atoms with van der Waals surface area (Å²) in [4.78, 5) is 24.3. The number of alkyl halides is 3. The molecule has 0 radical (unpaired) electrons. The molecule has 2 rings (SSSR count). The summed E-state index contributed by atoms with van der Waals surface area (Å²) >= 11 is 0. The van der Waals surface area contributed by atoms with Crippen LogP contribution in [0.25, 0.3) is 0 Å². The van der Waals surface area contributed by atoms with Gasteiger partial charge >= 0.3 is 6.18 Å². The molecule has 0 aliphatic carbocycles. The van der Waals surface area contributed by atoms with Gasteiger partial charge in [-0.2, -0.15) is 13.2 Å². The lowest BCUT2D eigenvalue weighted by Gasteiger charge is -2.17. The molecule has 1 heterocycles. The van der Waals surface area contributed by atoms with Crippen molar-refractivity contribution >= 4 is 17.5 Å². The number of anilines is 1. The highest BCUT2D eigenvalue weighted by Crippen LogP contribution is 2.37. The van der Waals surface area contributed by atoms with Crippen molar-refractivity contribution in [1.82, 2.24) is 4.90 Å². The first-order chi connectivity index (χ1) is 10.8. The van der Waals surface area contributed by atoms with Crippen LogP contribution in [0.2, 0.25) is 0 Å². The Kier molecular flexibility index (Phi) is 4.60. The lowest BCUT2D eigenvalue weighted by Crippen LogP contribution is -2.34. The number of benzene rings is 1. The monoisotopic (exact) mass is 330 g/mol. The molecular formula is C14H13F3N2O4. The van der Waals surface area contributed by atoms with Gasteiger partial charge in [-0.3, -0.25) is 14.5 Å². The van der Waals surface area contributed by atoms with Crippen LogP contribution in [-0.4, -0.2) is 42.1 Å². The van der Waals surface area contributed by atoms with Crippen LogP contribution in [0.1, 0.15) is 5.56 Å². The minimum Gasteiger partial charge on any atom is -0.497 e. The molecule has 0 bridgehead atoms. The number of hydrogen-bond donors (Lipinski definition) is 2. The molecule has 0 unspecified atom stereocenters. The Balaban J connectivity index is 2.32. The summed E-state index contributed by atoms with van der Waals surface area (Å²) in [5, 5.41) is 11.1. The van der Waals surface area contributed by atoms with E-state index in [2.05, 4.69) is 5.32 Å². The highest BCUT2D eigenvalue weighted by molar-refractivity contribution is 6.17. The van der Waals surface area contributed by atoms with E-state index in [1.165, 1.54) is 13.2 Å². The van der Waals surface area contributed by atoms with E-state index < -0.39 is 30.2 Å². The van der Waals surface area contributed by atoms with Gasteiger partial charge in [-0.05, 0) is 18.2 Å². The summed E-state index contributed by atoms with van der Waals surface area (Å²) in [5.74, 6) is -1.49. The zero-order chi connectivity index (χ0) is 17.2. The predicted octanol–water partition coefficient (Wildman–Crippen LogP) is 1.37. The van der Waals surface area contributed by atoms with Crippen LogP contribution in [0.4, 0.5) is 18.9 Å². The van der Waals surface area contributed by atoms with Crippen LogP contribution in [0.15, 0.2) is 30.0 Å². The molecule has 1 aromatic rings. The number of nitrogens with one attached hydrogen (secondary N) is 1.